The van der Waals surface area contributed by atoms with Gasteiger partial charge in [-0.1, -0.05) is 6.07 Å². The maximum absolute atomic E-state index is 12.8. The summed E-state index contributed by atoms with van der Waals surface area (Å²) in [7, 11) is 0. The van der Waals surface area contributed by atoms with E-state index in [2.05, 4.69) is 19.7 Å². The van der Waals surface area contributed by atoms with Crippen LogP contribution in [0.1, 0.15) is 10.4 Å². The van der Waals surface area contributed by atoms with Gasteiger partial charge in [0.15, 0.2) is 5.82 Å². The molecule has 5 nitrogen and oxygen atoms in total. The zero-order chi connectivity index (χ0) is 14.7. The highest BCUT2D eigenvalue weighted by atomic mass is 32.1. The van der Waals surface area contributed by atoms with E-state index in [0.717, 1.165) is 11.5 Å². The molecule has 2 heterocycles. The molecule has 0 saturated heterocycles. The van der Waals surface area contributed by atoms with Gasteiger partial charge in [0.05, 0.1) is 0 Å². The predicted molar refractivity (Wildman–Crippen MR) is 77.5 cm³/mol. The van der Waals surface area contributed by atoms with E-state index < -0.39 is 0 Å². The van der Waals surface area contributed by atoms with Crippen molar-refractivity contribution in [1.29, 1.82) is 0 Å². The molecule has 0 unspecified atom stereocenters. The Morgan fingerprint density at radius 2 is 1.95 bits per heavy atom. The molecular weight excluding hydrogens is 291 g/mol. The molecule has 104 valence electrons. The van der Waals surface area contributed by atoms with Crippen LogP contribution in [0.4, 0.5) is 9.52 Å². The van der Waals surface area contributed by atoms with Gasteiger partial charge >= 0.3 is 0 Å². The van der Waals surface area contributed by atoms with Crippen molar-refractivity contribution in [3.8, 4) is 11.5 Å². The number of hydrogen-bond donors (Lipinski definition) is 1. The number of amides is 1. The predicted octanol–water partition coefficient (Wildman–Crippen LogP) is 2.99. The van der Waals surface area contributed by atoms with Crippen LogP contribution >= 0.6 is 11.5 Å². The van der Waals surface area contributed by atoms with Crippen molar-refractivity contribution in [2.75, 3.05) is 5.32 Å². The summed E-state index contributed by atoms with van der Waals surface area (Å²) in [6, 6.07) is 10.7. The maximum atomic E-state index is 12.8. The van der Waals surface area contributed by atoms with E-state index in [4.69, 9.17) is 0 Å². The molecule has 0 aliphatic carbocycles. The SMILES string of the molecule is O=C(Nc1nc(-c2ccccn2)ns1)c1ccc(F)cc1. The van der Waals surface area contributed by atoms with Crippen LogP contribution in [-0.2, 0) is 0 Å². The molecule has 0 aliphatic heterocycles. The van der Waals surface area contributed by atoms with Crippen LogP contribution in [0.3, 0.4) is 0 Å². The fourth-order valence-corrected chi connectivity index (χ4v) is 2.22. The lowest BCUT2D eigenvalue weighted by Gasteiger charge is -2.00. The quantitative estimate of drug-likeness (QED) is 0.807. The van der Waals surface area contributed by atoms with Gasteiger partial charge in [0.1, 0.15) is 11.5 Å². The number of carbonyl (C=O) groups is 1. The molecule has 1 N–H and O–H groups in total. The Bertz CT molecular complexity index is 758. The summed E-state index contributed by atoms with van der Waals surface area (Å²) in [5, 5.41) is 2.99. The zero-order valence-corrected chi connectivity index (χ0v) is 11.5. The molecule has 0 bridgehead atoms. The average molecular weight is 300 g/mol. The van der Waals surface area contributed by atoms with E-state index >= 15 is 0 Å². The van der Waals surface area contributed by atoms with Crippen molar-refractivity contribution in [2.45, 2.75) is 0 Å². The van der Waals surface area contributed by atoms with Gasteiger partial charge in [-0.15, -0.1) is 0 Å². The van der Waals surface area contributed by atoms with Gasteiger partial charge in [-0.2, -0.15) is 9.36 Å². The van der Waals surface area contributed by atoms with E-state index in [1.54, 1.807) is 18.3 Å². The first-order valence-electron chi connectivity index (χ1n) is 6.04. The fraction of sp³-hybridized carbons (Fsp3) is 0. The normalized spacial score (nSPS) is 10.3. The third-order valence-corrected chi connectivity index (χ3v) is 3.28. The third kappa shape index (κ3) is 3.09. The molecule has 1 amide bonds. The van der Waals surface area contributed by atoms with Crippen LogP contribution in [0, 0.1) is 5.82 Å². The first-order valence-corrected chi connectivity index (χ1v) is 6.82. The number of carbonyl (C=O) groups excluding carboxylic acids is 1. The van der Waals surface area contributed by atoms with Gasteiger partial charge in [-0.25, -0.2) is 4.39 Å². The number of halogens is 1. The summed E-state index contributed by atoms with van der Waals surface area (Å²) in [4.78, 5) is 20.3. The monoisotopic (exact) mass is 300 g/mol. The highest BCUT2D eigenvalue weighted by Crippen LogP contribution is 2.19. The highest BCUT2D eigenvalue weighted by molar-refractivity contribution is 7.10. The number of anilines is 1. The first kappa shape index (κ1) is 13.3. The molecule has 3 rings (SSSR count). The Kier molecular flexibility index (Phi) is 3.65. The fourth-order valence-electron chi connectivity index (χ4n) is 1.64. The molecule has 7 heteroatoms. The molecule has 3 aromatic rings. The van der Waals surface area contributed by atoms with Crippen LogP contribution in [0.25, 0.3) is 11.5 Å². The second kappa shape index (κ2) is 5.76. The van der Waals surface area contributed by atoms with E-state index in [1.165, 1.54) is 24.3 Å². The van der Waals surface area contributed by atoms with E-state index in [1.807, 2.05) is 6.07 Å². The molecule has 1 aromatic carbocycles. The number of benzene rings is 1. The van der Waals surface area contributed by atoms with Crippen LogP contribution in [-0.4, -0.2) is 20.2 Å². The van der Waals surface area contributed by atoms with Crippen molar-refractivity contribution >= 4 is 22.6 Å². The lowest BCUT2D eigenvalue weighted by atomic mass is 10.2. The topological polar surface area (TPSA) is 67.8 Å². The van der Waals surface area contributed by atoms with Crippen molar-refractivity contribution < 1.29 is 9.18 Å². The minimum absolute atomic E-state index is 0.353. The van der Waals surface area contributed by atoms with Gasteiger partial charge in [0.25, 0.3) is 5.91 Å². The van der Waals surface area contributed by atoms with Crippen LogP contribution in [0.2, 0.25) is 0 Å². The largest absolute Gasteiger partial charge is 0.297 e. The summed E-state index contributed by atoms with van der Waals surface area (Å²) in [6.45, 7) is 0. The summed E-state index contributed by atoms with van der Waals surface area (Å²) >= 11 is 1.06. The van der Waals surface area contributed by atoms with E-state index in [0.29, 0.717) is 22.2 Å². The van der Waals surface area contributed by atoms with Crippen LogP contribution in [0.15, 0.2) is 48.7 Å². The summed E-state index contributed by atoms with van der Waals surface area (Å²) < 4.78 is 16.9. The summed E-state index contributed by atoms with van der Waals surface area (Å²) in [6.07, 6.45) is 1.65. The number of pyridine rings is 1. The van der Waals surface area contributed by atoms with Crippen LogP contribution < -0.4 is 5.32 Å². The molecule has 21 heavy (non-hydrogen) atoms. The molecule has 0 radical (unpaired) electrons. The summed E-state index contributed by atoms with van der Waals surface area (Å²) in [5.74, 6) is -0.298. The standard InChI is InChI=1S/C14H9FN4OS/c15-10-6-4-9(5-7-10)13(20)18-14-17-12(19-21-14)11-3-1-2-8-16-11/h1-8H,(H,17,18,19,20). The van der Waals surface area contributed by atoms with Gasteiger partial charge in [0, 0.05) is 23.3 Å². The Hall–Kier alpha value is -2.67. The number of nitrogens with one attached hydrogen (secondary N) is 1. The van der Waals surface area contributed by atoms with Crippen molar-refractivity contribution in [1.82, 2.24) is 14.3 Å². The van der Waals surface area contributed by atoms with Crippen LogP contribution in [0.5, 0.6) is 0 Å². The minimum atomic E-state index is -0.389. The molecule has 0 atom stereocenters. The maximum Gasteiger partial charge on any atom is 0.257 e. The number of nitrogens with zero attached hydrogens (tertiary/aromatic N) is 3. The van der Waals surface area contributed by atoms with Gasteiger partial charge in [-0.05, 0) is 36.4 Å². The van der Waals surface area contributed by atoms with Crippen molar-refractivity contribution in [3.05, 3.63) is 60.0 Å². The van der Waals surface area contributed by atoms with Gasteiger partial charge in [-0.3, -0.25) is 15.1 Å². The Morgan fingerprint density at radius 3 is 2.67 bits per heavy atom. The second-order valence-corrected chi connectivity index (χ2v) is 4.85. The Balaban J connectivity index is 1.75. The van der Waals surface area contributed by atoms with Gasteiger partial charge in [0.2, 0.25) is 5.13 Å². The van der Waals surface area contributed by atoms with Crippen molar-refractivity contribution in [3.63, 3.8) is 0 Å². The smallest absolute Gasteiger partial charge is 0.257 e. The van der Waals surface area contributed by atoms with E-state index in [-0.39, 0.29) is 11.7 Å². The average Bonchev–Trinajstić information content (AvgIpc) is 2.97. The molecule has 0 spiro atoms. The molecule has 0 fully saturated rings. The third-order valence-electron chi connectivity index (χ3n) is 2.65. The van der Waals surface area contributed by atoms with E-state index in [9.17, 15) is 9.18 Å². The Morgan fingerprint density at radius 1 is 1.14 bits per heavy atom. The zero-order valence-electron chi connectivity index (χ0n) is 10.7. The van der Waals surface area contributed by atoms with Gasteiger partial charge < -0.3 is 0 Å². The molecule has 2 aromatic heterocycles. The Labute approximate surface area is 123 Å². The number of rotatable bonds is 3. The minimum Gasteiger partial charge on any atom is -0.297 e. The highest BCUT2D eigenvalue weighted by Gasteiger charge is 2.11. The number of hydrogen-bond acceptors (Lipinski definition) is 5. The number of aromatic nitrogens is 3. The lowest BCUT2D eigenvalue weighted by molar-refractivity contribution is 0.102. The molecule has 0 aliphatic rings. The lowest BCUT2D eigenvalue weighted by Crippen LogP contribution is -2.11. The first-order chi connectivity index (χ1) is 10.2. The summed E-state index contributed by atoms with van der Waals surface area (Å²) in [5.41, 5.74) is 0.988. The molecule has 0 saturated carbocycles. The second-order valence-electron chi connectivity index (χ2n) is 4.10. The van der Waals surface area contributed by atoms with Crippen molar-refractivity contribution in [2.24, 2.45) is 0 Å². The molecular formula is C14H9FN4OS.